The Morgan fingerprint density at radius 2 is 1.18 bits per heavy atom. The maximum absolute atomic E-state index is 15.6. The zero-order chi connectivity index (χ0) is 29.1. The largest absolute Gasteiger partial charge is 0.423 e. The number of halogens is 1. The van der Waals surface area contributed by atoms with Crippen LogP contribution in [0.15, 0.2) is 85.0 Å². The van der Waals surface area contributed by atoms with Gasteiger partial charge in [-0.05, 0) is 92.1 Å². The molecule has 3 aromatic carbocycles. The molecule has 0 aliphatic heterocycles. The topological polar surface area (TPSA) is 78.9 Å². The summed E-state index contributed by atoms with van der Waals surface area (Å²) < 4.78 is 31.8. The zero-order valence-electron chi connectivity index (χ0n) is 22.7. The number of hydrogen-bond donors (Lipinski definition) is 0. The molecule has 0 amide bonds. The molecule has 0 spiro atoms. The van der Waals surface area contributed by atoms with E-state index in [-0.39, 0.29) is 28.2 Å². The molecule has 0 aromatic heterocycles. The number of rotatable bonds is 8. The molecule has 0 saturated heterocycles. The normalized spacial score (nSPS) is 11.8. The number of fused-ring (bicyclic) bond motifs is 1. The van der Waals surface area contributed by atoms with Gasteiger partial charge in [0.25, 0.3) is 0 Å². The Hall–Kier alpha value is -4.78. The second-order valence-corrected chi connectivity index (χ2v) is 9.82. The highest BCUT2D eigenvalue weighted by molar-refractivity contribution is 5.91. The van der Waals surface area contributed by atoms with Crippen LogP contribution in [0.1, 0.15) is 38.3 Å². The lowest BCUT2D eigenvalue weighted by Crippen LogP contribution is -2.10. The van der Waals surface area contributed by atoms with Crippen LogP contribution in [-0.4, -0.2) is 17.9 Å². The van der Waals surface area contributed by atoms with Crippen LogP contribution in [0, 0.1) is 5.82 Å². The van der Waals surface area contributed by atoms with Gasteiger partial charge in [-0.15, -0.1) is 0 Å². The zero-order valence-corrected chi connectivity index (χ0v) is 22.7. The van der Waals surface area contributed by atoms with Crippen LogP contribution in [0.5, 0.6) is 17.2 Å². The molecule has 6 nitrogen and oxygen atoms in total. The number of benzene rings is 3. The summed E-state index contributed by atoms with van der Waals surface area (Å²) in [7, 11) is 0. The first-order chi connectivity index (χ1) is 18.9. The Morgan fingerprint density at radius 1 is 0.650 bits per heavy atom. The van der Waals surface area contributed by atoms with Gasteiger partial charge in [0, 0.05) is 28.3 Å². The first kappa shape index (κ1) is 28.2. The fourth-order valence-electron chi connectivity index (χ4n) is 4.38. The number of carbonyl (C=O) groups excluding carboxylic acids is 3. The molecule has 0 saturated carbocycles. The lowest BCUT2D eigenvalue weighted by Gasteiger charge is -2.15. The third kappa shape index (κ3) is 6.10. The minimum absolute atomic E-state index is 0.0659. The van der Waals surface area contributed by atoms with Crippen LogP contribution >= 0.6 is 0 Å². The van der Waals surface area contributed by atoms with Crippen LogP contribution in [0.3, 0.4) is 0 Å². The van der Waals surface area contributed by atoms with Gasteiger partial charge in [-0.25, -0.2) is 18.8 Å². The monoisotopic (exact) mass is 540 g/mol. The van der Waals surface area contributed by atoms with Crippen molar-refractivity contribution in [1.82, 2.24) is 0 Å². The van der Waals surface area contributed by atoms with Gasteiger partial charge >= 0.3 is 17.9 Å². The van der Waals surface area contributed by atoms with Gasteiger partial charge in [0.05, 0.1) is 0 Å². The van der Waals surface area contributed by atoms with Crippen molar-refractivity contribution in [2.24, 2.45) is 0 Å². The second kappa shape index (κ2) is 11.5. The van der Waals surface area contributed by atoms with Crippen molar-refractivity contribution in [2.75, 3.05) is 0 Å². The summed E-state index contributed by atoms with van der Waals surface area (Å²) in [6.07, 6.45) is 2.43. The van der Waals surface area contributed by atoms with Crippen molar-refractivity contribution < 1.29 is 33.0 Å². The van der Waals surface area contributed by atoms with Crippen LogP contribution in [0.2, 0.25) is 0 Å². The second-order valence-electron chi connectivity index (χ2n) is 9.82. The lowest BCUT2D eigenvalue weighted by molar-refractivity contribution is -0.131. The van der Waals surface area contributed by atoms with Crippen LogP contribution in [0.25, 0.3) is 22.3 Å². The summed E-state index contributed by atoms with van der Waals surface area (Å²) in [5.74, 6) is -1.72. The van der Waals surface area contributed by atoms with E-state index in [0.29, 0.717) is 22.4 Å². The Kier molecular flexibility index (Phi) is 8.14. The van der Waals surface area contributed by atoms with Gasteiger partial charge in [-0.3, -0.25) is 0 Å². The molecule has 204 valence electrons. The van der Waals surface area contributed by atoms with E-state index < -0.39 is 23.7 Å². The van der Waals surface area contributed by atoms with Crippen molar-refractivity contribution >= 4 is 17.9 Å². The molecule has 0 fully saturated rings. The molecule has 0 radical (unpaired) electrons. The molecule has 40 heavy (non-hydrogen) atoms. The Morgan fingerprint density at radius 3 is 1.73 bits per heavy atom. The molecular weight excluding hydrogens is 511 g/mol. The van der Waals surface area contributed by atoms with E-state index in [2.05, 4.69) is 19.7 Å². The summed E-state index contributed by atoms with van der Waals surface area (Å²) in [5, 5.41) is 0. The molecule has 1 aliphatic carbocycles. The van der Waals surface area contributed by atoms with Crippen LogP contribution in [0.4, 0.5) is 4.39 Å². The first-order valence-electron chi connectivity index (χ1n) is 12.7. The summed E-state index contributed by atoms with van der Waals surface area (Å²) >= 11 is 0. The molecule has 4 rings (SSSR count). The third-order valence-corrected chi connectivity index (χ3v) is 6.38. The summed E-state index contributed by atoms with van der Waals surface area (Å²) in [6, 6.07) is 12.7. The molecule has 0 unspecified atom stereocenters. The Balaban J connectivity index is 1.72. The van der Waals surface area contributed by atoms with Gasteiger partial charge in [-0.1, -0.05) is 37.9 Å². The third-order valence-electron chi connectivity index (χ3n) is 6.38. The summed E-state index contributed by atoms with van der Waals surface area (Å²) in [6.45, 7) is 15.4. The minimum Gasteiger partial charge on any atom is -0.423 e. The minimum atomic E-state index is -0.670. The van der Waals surface area contributed by atoms with E-state index in [0.717, 1.165) is 36.0 Å². The van der Waals surface area contributed by atoms with Crippen molar-refractivity contribution in [3.05, 3.63) is 102 Å². The number of hydrogen-bond acceptors (Lipinski definition) is 6. The Bertz CT molecular complexity index is 1550. The fraction of sp³-hybridized carbons (Fsp3) is 0.182. The van der Waals surface area contributed by atoms with Crippen LogP contribution in [-0.2, 0) is 27.2 Å². The van der Waals surface area contributed by atoms with Gasteiger partial charge in [0.15, 0.2) is 0 Å². The maximum atomic E-state index is 15.6. The molecule has 0 bridgehead atoms. The maximum Gasteiger partial charge on any atom is 0.338 e. The molecular formula is C33H29FO6. The molecule has 1 aliphatic rings. The van der Waals surface area contributed by atoms with E-state index in [1.54, 1.807) is 25.1 Å². The van der Waals surface area contributed by atoms with Gasteiger partial charge in [-0.2, -0.15) is 0 Å². The molecule has 7 heteroatoms. The van der Waals surface area contributed by atoms with Crippen molar-refractivity contribution in [3.63, 3.8) is 0 Å². The number of esters is 3. The summed E-state index contributed by atoms with van der Waals surface area (Å²) in [5.41, 5.74) is 4.69. The highest BCUT2D eigenvalue weighted by atomic mass is 19.1. The van der Waals surface area contributed by atoms with Gasteiger partial charge < -0.3 is 14.2 Å². The molecule has 3 aromatic rings. The smallest absolute Gasteiger partial charge is 0.338 e. The predicted octanol–water partition coefficient (Wildman–Crippen LogP) is 7.09. The van der Waals surface area contributed by atoms with Gasteiger partial charge in [0.2, 0.25) is 0 Å². The molecule has 0 atom stereocenters. The predicted molar refractivity (Wildman–Crippen MR) is 151 cm³/mol. The quantitative estimate of drug-likeness (QED) is 0.172. The van der Waals surface area contributed by atoms with Crippen LogP contribution < -0.4 is 14.2 Å². The van der Waals surface area contributed by atoms with E-state index in [1.807, 2.05) is 6.07 Å². The van der Waals surface area contributed by atoms with E-state index in [4.69, 9.17) is 14.2 Å². The van der Waals surface area contributed by atoms with E-state index in [1.165, 1.54) is 38.1 Å². The SMILES string of the molecule is C=C(C)C(=O)Oc1cc(OC(=O)C(=C)C)cc(-c2ccc(-c3ccc(OC(=O)C(=C)C)c4c3CCC4)cc2F)c1. The van der Waals surface area contributed by atoms with E-state index in [9.17, 15) is 14.4 Å². The van der Waals surface area contributed by atoms with Crippen molar-refractivity contribution in [1.29, 1.82) is 0 Å². The number of ether oxygens (including phenoxy) is 3. The Labute approximate surface area is 232 Å². The molecule has 0 N–H and O–H groups in total. The fourth-order valence-corrected chi connectivity index (χ4v) is 4.38. The number of carbonyl (C=O) groups is 3. The summed E-state index contributed by atoms with van der Waals surface area (Å²) in [4.78, 5) is 36.3. The highest BCUT2D eigenvalue weighted by Gasteiger charge is 2.23. The average molecular weight is 541 g/mol. The average Bonchev–Trinajstić information content (AvgIpc) is 3.39. The molecule has 0 heterocycles. The first-order valence-corrected chi connectivity index (χ1v) is 12.7. The standard InChI is InChI=1S/C33H29FO6/c1-18(2)31(35)38-23-14-22(15-24(17-23)39-32(36)19(3)4)26-11-10-21(16-29(26)34)25-12-13-30(40-33(37)20(5)6)28-9-7-8-27(25)28/h10-17H,1,3,5,7-9H2,2,4,6H3. The van der Waals surface area contributed by atoms with E-state index >= 15 is 4.39 Å². The van der Waals surface area contributed by atoms with Gasteiger partial charge in [0.1, 0.15) is 23.1 Å². The highest BCUT2D eigenvalue weighted by Crippen LogP contribution is 2.40. The van der Waals surface area contributed by atoms with Crippen molar-refractivity contribution in [2.45, 2.75) is 40.0 Å². The van der Waals surface area contributed by atoms with Crippen molar-refractivity contribution in [3.8, 4) is 39.5 Å². The lowest BCUT2D eigenvalue weighted by atomic mass is 9.94.